The Morgan fingerprint density at radius 3 is 2.94 bits per heavy atom. The zero-order chi connectivity index (χ0) is 11.5. The van der Waals surface area contributed by atoms with Crippen molar-refractivity contribution in [3.05, 3.63) is 35.8 Å². The zero-order valence-corrected chi connectivity index (χ0v) is 9.51. The summed E-state index contributed by atoms with van der Waals surface area (Å²) in [7, 11) is 0. The molecule has 2 rings (SSSR count). The molecule has 0 aromatic carbocycles. The summed E-state index contributed by atoms with van der Waals surface area (Å²) in [5.41, 5.74) is 3.13. The number of rotatable bonds is 2. The molecule has 1 N–H and O–H groups in total. The van der Waals surface area contributed by atoms with E-state index in [1.807, 2.05) is 32.2 Å². The number of amidine groups is 1. The molecule has 1 aromatic rings. The van der Waals surface area contributed by atoms with E-state index in [0.29, 0.717) is 6.54 Å². The predicted octanol–water partition coefficient (Wildman–Crippen LogP) is 1.41. The molecule has 0 spiro atoms. The number of aliphatic hydroxyl groups is 1. The van der Waals surface area contributed by atoms with Gasteiger partial charge in [-0.15, -0.1) is 0 Å². The highest BCUT2D eigenvalue weighted by molar-refractivity contribution is 5.85. The lowest BCUT2D eigenvalue weighted by Crippen LogP contribution is -2.33. The van der Waals surface area contributed by atoms with Gasteiger partial charge in [0, 0.05) is 24.5 Å². The maximum atomic E-state index is 9.18. The Bertz CT molecular complexity index is 451. The van der Waals surface area contributed by atoms with Crippen molar-refractivity contribution >= 4 is 11.4 Å². The summed E-state index contributed by atoms with van der Waals surface area (Å²) in [5, 5.41) is 9.18. The Kier molecular flexibility index (Phi) is 3.01. The normalized spacial score (nSPS) is 15.8. The van der Waals surface area contributed by atoms with Gasteiger partial charge in [0.05, 0.1) is 5.69 Å². The van der Waals surface area contributed by atoms with E-state index in [0.717, 1.165) is 17.1 Å². The molecule has 84 valence electrons. The number of aromatic nitrogens is 1. The second-order valence-electron chi connectivity index (χ2n) is 3.89. The fraction of sp³-hybridized carbons (Fsp3) is 0.333. The Labute approximate surface area is 95.0 Å². The third-order valence-electron chi connectivity index (χ3n) is 2.64. The molecule has 1 aliphatic rings. The highest BCUT2D eigenvalue weighted by Crippen LogP contribution is 2.18. The highest BCUT2D eigenvalue weighted by atomic mass is 16.3. The first-order valence-electron chi connectivity index (χ1n) is 5.23. The van der Waals surface area contributed by atoms with Crippen molar-refractivity contribution in [2.24, 2.45) is 4.99 Å². The highest BCUT2D eigenvalue weighted by Gasteiger charge is 2.14. The van der Waals surface area contributed by atoms with Crippen molar-refractivity contribution < 1.29 is 5.11 Å². The van der Waals surface area contributed by atoms with Crippen LogP contribution in [-0.2, 0) is 0 Å². The molecule has 16 heavy (non-hydrogen) atoms. The molecule has 0 saturated heterocycles. The second-order valence-corrected chi connectivity index (χ2v) is 3.89. The molecule has 4 nitrogen and oxygen atoms in total. The van der Waals surface area contributed by atoms with Crippen LogP contribution >= 0.6 is 0 Å². The number of hydrogen-bond donors (Lipinski definition) is 1. The second kappa shape index (κ2) is 4.45. The van der Waals surface area contributed by atoms with E-state index in [9.17, 15) is 5.11 Å². The van der Waals surface area contributed by atoms with Crippen molar-refractivity contribution in [1.82, 2.24) is 9.88 Å². The predicted molar refractivity (Wildman–Crippen MR) is 63.9 cm³/mol. The lowest BCUT2D eigenvalue weighted by Gasteiger charge is -2.25. The first-order valence-corrected chi connectivity index (χ1v) is 5.23. The molecule has 0 atom stereocenters. The van der Waals surface area contributed by atoms with Gasteiger partial charge in [-0.05, 0) is 31.5 Å². The monoisotopic (exact) mass is 217 g/mol. The van der Waals surface area contributed by atoms with E-state index in [4.69, 9.17) is 0 Å². The average Bonchev–Trinajstić information content (AvgIpc) is 2.29. The Balaban J connectivity index is 2.30. The van der Waals surface area contributed by atoms with Crippen LogP contribution < -0.4 is 0 Å². The fourth-order valence-corrected chi connectivity index (χ4v) is 1.63. The summed E-state index contributed by atoms with van der Waals surface area (Å²) < 4.78 is 0. The van der Waals surface area contributed by atoms with Crippen LogP contribution in [0.25, 0.3) is 5.57 Å². The van der Waals surface area contributed by atoms with Gasteiger partial charge in [0.1, 0.15) is 12.6 Å². The van der Waals surface area contributed by atoms with Gasteiger partial charge in [-0.2, -0.15) is 0 Å². The van der Waals surface area contributed by atoms with Crippen molar-refractivity contribution in [2.75, 3.05) is 13.3 Å². The van der Waals surface area contributed by atoms with Crippen molar-refractivity contribution in [1.29, 1.82) is 0 Å². The van der Waals surface area contributed by atoms with Crippen LogP contribution in [0.5, 0.6) is 0 Å². The maximum Gasteiger partial charge on any atom is 0.117 e. The molecule has 2 heterocycles. The molecule has 1 aromatic heterocycles. The van der Waals surface area contributed by atoms with E-state index in [-0.39, 0.29) is 6.73 Å². The standard InChI is InChI=1S/C12H15N3O/c1-9-3-4-13-12(5-9)11-6-14-10(2)15(7-11)8-16/h3-6,16H,7-8H2,1-2H3. The SMILES string of the molecule is CC1=NC=C(c2cc(C)ccn2)CN1CO. The first-order chi connectivity index (χ1) is 7.70. The zero-order valence-electron chi connectivity index (χ0n) is 9.51. The number of aryl methyl sites for hydroxylation is 1. The molecular weight excluding hydrogens is 202 g/mol. The summed E-state index contributed by atoms with van der Waals surface area (Å²) in [6.07, 6.45) is 3.61. The van der Waals surface area contributed by atoms with E-state index in [1.165, 1.54) is 5.56 Å². The maximum absolute atomic E-state index is 9.18. The third kappa shape index (κ3) is 2.12. The molecule has 0 aliphatic carbocycles. The number of aliphatic hydroxyl groups excluding tert-OH is 1. The smallest absolute Gasteiger partial charge is 0.117 e. The molecule has 1 aliphatic heterocycles. The van der Waals surface area contributed by atoms with Gasteiger partial charge in [0.15, 0.2) is 0 Å². The molecule has 0 saturated carbocycles. The first kappa shape index (κ1) is 10.8. The lowest BCUT2D eigenvalue weighted by atomic mass is 10.1. The molecule has 0 unspecified atom stereocenters. The van der Waals surface area contributed by atoms with Crippen LogP contribution in [0.4, 0.5) is 0 Å². The quantitative estimate of drug-likeness (QED) is 0.815. The number of nitrogens with zero attached hydrogens (tertiary/aromatic N) is 3. The topological polar surface area (TPSA) is 48.7 Å². The van der Waals surface area contributed by atoms with Gasteiger partial charge in [0.25, 0.3) is 0 Å². The minimum absolute atomic E-state index is 0.0154. The summed E-state index contributed by atoms with van der Waals surface area (Å²) in [5.74, 6) is 0.832. The van der Waals surface area contributed by atoms with Gasteiger partial charge in [-0.3, -0.25) is 4.98 Å². The molecule has 0 bridgehead atoms. The summed E-state index contributed by atoms with van der Waals surface area (Å²) in [6, 6.07) is 3.99. The fourth-order valence-electron chi connectivity index (χ4n) is 1.63. The molecule has 0 radical (unpaired) electrons. The van der Waals surface area contributed by atoms with E-state index >= 15 is 0 Å². The lowest BCUT2D eigenvalue weighted by molar-refractivity contribution is 0.180. The van der Waals surface area contributed by atoms with Crippen LogP contribution in [0.3, 0.4) is 0 Å². The van der Waals surface area contributed by atoms with E-state index in [1.54, 1.807) is 11.1 Å². The van der Waals surface area contributed by atoms with Gasteiger partial charge in [-0.1, -0.05) is 0 Å². The molecule has 4 heteroatoms. The number of hydrogen-bond acceptors (Lipinski definition) is 4. The van der Waals surface area contributed by atoms with Crippen LogP contribution in [0.1, 0.15) is 18.2 Å². The van der Waals surface area contributed by atoms with Gasteiger partial charge in [-0.25, -0.2) is 4.99 Å². The molecule has 0 amide bonds. The van der Waals surface area contributed by atoms with Crippen molar-refractivity contribution in [2.45, 2.75) is 13.8 Å². The van der Waals surface area contributed by atoms with Crippen LogP contribution in [0, 0.1) is 6.92 Å². The van der Waals surface area contributed by atoms with Gasteiger partial charge >= 0.3 is 0 Å². The minimum Gasteiger partial charge on any atom is -0.376 e. The number of pyridine rings is 1. The average molecular weight is 217 g/mol. The summed E-state index contributed by atoms with van der Waals surface area (Å²) in [6.45, 7) is 4.56. The third-order valence-corrected chi connectivity index (χ3v) is 2.64. The van der Waals surface area contributed by atoms with Crippen molar-refractivity contribution in [3.63, 3.8) is 0 Å². The minimum atomic E-state index is -0.0154. The van der Waals surface area contributed by atoms with Crippen LogP contribution in [0.15, 0.2) is 29.5 Å². The molecule has 0 fully saturated rings. The van der Waals surface area contributed by atoms with Crippen LogP contribution in [-0.4, -0.2) is 34.1 Å². The van der Waals surface area contributed by atoms with Gasteiger partial charge < -0.3 is 10.0 Å². The van der Waals surface area contributed by atoms with E-state index < -0.39 is 0 Å². The Morgan fingerprint density at radius 2 is 2.25 bits per heavy atom. The summed E-state index contributed by atoms with van der Waals surface area (Å²) in [4.78, 5) is 10.4. The summed E-state index contributed by atoms with van der Waals surface area (Å²) >= 11 is 0. The van der Waals surface area contributed by atoms with Crippen molar-refractivity contribution in [3.8, 4) is 0 Å². The number of aliphatic imine (C=N–C) groups is 1. The molecular formula is C12H15N3O. The Hall–Kier alpha value is -1.68. The Morgan fingerprint density at radius 1 is 1.44 bits per heavy atom. The largest absolute Gasteiger partial charge is 0.376 e. The van der Waals surface area contributed by atoms with Crippen LogP contribution in [0.2, 0.25) is 0 Å². The van der Waals surface area contributed by atoms with E-state index in [2.05, 4.69) is 9.98 Å². The van der Waals surface area contributed by atoms with Gasteiger partial charge in [0.2, 0.25) is 0 Å².